The van der Waals surface area contributed by atoms with Crippen LogP contribution in [-0.4, -0.2) is 25.0 Å². The standard InChI is InChI=1S/C25H26N2O4/c1-18(2)19-11-13-23(14-12-19)31-17-25(29)27-21-8-6-7-20(15-21)26-24(28)16-30-22-9-4-3-5-10-22/h3-15,18H,16-17H2,1-2H3,(H,26,28)(H,27,29). The Balaban J connectivity index is 1.46. The largest absolute Gasteiger partial charge is 0.484 e. The van der Waals surface area contributed by atoms with Gasteiger partial charge in [-0.15, -0.1) is 0 Å². The number of nitrogens with one attached hydrogen (secondary N) is 2. The summed E-state index contributed by atoms with van der Waals surface area (Å²) in [6.45, 7) is 4.03. The van der Waals surface area contributed by atoms with Gasteiger partial charge in [0.05, 0.1) is 0 Å². The Bertz CT molecular complexity index is 1000. The molecule has 6 nitrogen and oxygen atoms in total. The van der Waals surface area contributed by atoms with E-state index in [1.807, 2.05) is 42.5 Å². The minimum absolute atomic E-state index is 0.107. The summed E-state index contributed by atoms with van der Waals surface area (Å²) in [6, 6.07) is 23.7. The molecule has 0 saturated heterocycles. The number of benzene rings is 3. The molecule has 0 heterocycles. The molecule has 0 bridgehead atoms. The minimum Gasteiger partial charge on any atom is -0.484 e. The fraction of sp³-hybridized carbons (Fsp3) is 0.200. The lowest BCUT2D eigenvalue weighted by Crippen LogP contribution is -2.21. The molecular formula is C25H26N2O4. The van der Waals surface area contributed by atoms with Gasteiger partial charge in [-0.05, 0) is 53.9 Å². The van der Waals surface area contributed by atoms with Crippen LogP contribution >= 0.6 is 0 Å². The highest BCUT2D eigenvalue weighted by molar-refractivity contribution is 5.95. The number of carbonyl (C=O) groups is 2. The molecule has 0 saturated carbocycles. The smallest absolute Gasteiger partial charge is 0.262 e. The van der Waals surface area contributed by atoms with Gasteiger partial charge in [-0.3, -0.25) is 9.59 Å². The van der Waals surface area contributed by atoms with Crippen molar-refractivity contribution >= 4 is 23.2 Å². The first-order valence-corrected chi connectivity index (χ1v) is 10.1. The number of carbonyl (C=O) groups excluding carboxylic acids is 2. The normalized spacial score (nSPS) is 10.4. The van der Waals surface area contributed by atoms with Gasteiger partial charge in [0.25, 0.3) is 11.8 Å². The topological polar surface area (TPSA) is 76.7 Å². The Labute approximate surface area is 182 Å². The second kappa shape index (κ2) is 10.8. The maximum Gasteiger partial charge on any atom is 0.262 e. The molecule has 0 fully saturated rings. The molecule has 0 spiro atoms. The van der Waals surface area contributed by atoms with Gasteiger partial charge in [0.1, 0.15) is 11.5 Å². The quantitative estimate of drug-likeness (QED) is 0.521. The highest BCUT2D eigenvalue weighted by Crippen LogP contribution is 2.19. The molecule has 3 rings (SSSR count). The van der Waals surface area contributed by atoms with Crippen LogP contribution in [0, 0.1) is 0 Å². The fourth-order valence-electron chi connectivity index (χ4n) is 2.83. The summed E-state index contributed by atoms with van der Waals surface area (Å²) >= 11 is 0. The zero-order chi connectivity index (χ0) is 22.1. The highest BCUT2D eigenvalue weighted by atomic mass is 16.5. The molecule has 3 aromatic rings. The van der Waals surface area contributed by atoms with Gasteiger partial charge < -0.3 is 20.1 Å². The molecule has 0 unspecified atom stereocenters. The Morgan fingerprint density at radius 1 is 0.710 bits per heavy atom. The zero-order valence-electron chi connectivity index (χ0n) is 17.6. The Morgan fingerprint density at radius 2 is 1.23 bits per heavy atom. The van der Waals surface area contributed by atoms with Crippen LogP contribution in [0.15, 0.2) is 78.9 Å². The third-order valence-corrected chi connectivity index (χ3v) is 4.46. The molecule has 31 heavy (non-hydrogen) atoms. The summed E-state index contributed by atoms with van der Waals surface area (Å²) in [5.41, 5.74) is 2.33. The predicted octanol–water partition coefficient (Wildman–Crippen LogP) is 4.85. The van der Waals surface area contributed by atoms with Crippen molar-refractivity contribution in [3.63, 3.8) is 0 Å². The molecule has 0 aliphatic carbocycles. The van der Waals surface area contributed by atoms with Crippen molar-refractivity contribution in [3.05, 3.63) is 84.4 Å². The van der Waals surface area contributed by atoms with Gasteiger partial charge in [-0.1, -0.05) is 50.2 Å². The van der Waals surface area contributed by atoms with E-state index < -0.39 is 0 Å². The summed E-state index contributed by atoms with van der Waals surface area (Å²) in [7, 11) is 0. The van der Waals surface area contributed by atoms with Crippen molar-refractivity contribution in [2.45, 2.75) is 19.8 Å². The van der Waals surface area contributed by atoms with E-state index in [9.17, 15) is 9.59 Å². The Hall–Kier alpha value is -3.80. The van der Waals surface area contributed by atoms with Crippen LogP contribution in [0.2, 0.25) is 0 Å². The lowest BCUT2D eigenvalue weighted by molar-refractivity contribution is -0.118. The second-order valence-electron chi connectivity index (χ2n) is 7.29. The maximum atomic E-state index is 12.2. The van der Waals surface area contributed by atoms with Crippen LogP contribution < -0.4 is 20.1 Å². The molecule has 0 aliphatic heterocycles. The molecule has 3 aromatic carbocycles. The Kier molecular flexibility index (Phi) is 7.65. The van der Waals surface area contributed by atoms with Gasteiger partial charge in [-0.2, -0.15) is 0 Å². The first-order chi connectivity index (χ1) is 15.0. The third-order valence-electron chi connectivity index (χ3n) is 4.46. The van der Waals surface area contributed by atoms with Crippen molar-refractivity contribution in [3.8, 4) is 11.5 Å². The van der Waals surface area contributed by atoms with Gasteiger partial charge in [0, 0.05) is 11.4 Å². The fourth-order valence-corrected chi connectivity index (χ4v) is 2.83. The van der Waals surface area contributed by atoms with Crippen LogP contribution in [0.1, 0.15) is 25.3 Å². The molecule has 2 amide bonds. The first kappa shape index (κ1) is 21.9. The van der Waals surface area contributed by atoms with E-state index in [1.165, 1.54) is 5.56 Å². The molecule has 6 heteroatoms. The number of hydrogen-bond donors (Lipinski definition) is 2. The summed E-state index contributed by atoms with van der Waals surface area (Å²) in [4.78, 5) is 24.3. The van der Waals surface area contributed by atoms with Crippen molar-refractivity contribution < 1.29 is 19.1 Å². The van der Waals surface area contributed by atoms with Gasteiger partial charge in [0.2, 0.25) is 0 Å². The van der Waals surface area contributed by atoms with Crippen LogP contribution in [0.25, 0.3) is 0 Å². The van der Waals surface area contributed by atoms with E-state index in [-0.39, 0.29) is 25.0 Å². The summed E-state index contributed by atoms with van der Waals surface area (Å²) < 4.78 is 11.0. The van der Waals surface area contributed by atoms with Crippen LogP contribution in [0.5, 0.6) is 11.5 Å². The molecule has 160 valence electrons. The van der Waals surface area contributed by atoms with Crippen molar-refractivity contribution in [2.75, 3.05) is 23.8 Å². The zero-order valence-corrected chi connectivity index (χ0v) is 17.6. The van der Waals surface area contributed by atoms with Crippen LogP contribution in [0.4, 0.5) is 11.4 Å². The Morgan fingerprint density at radius 3 is 1.74 bits per heavy atom. The van der Waals surface area contributed by atoms with Gasteiger partial charge >= 0.3 is 0 Å². The van der Waals surface area contributed by atoms with E-state index >= 15 is 0 Å². The number of para-hydroxylation sites is 1. The molecule has 0 atom stereocenters. The van der Waals surface area contributed by atoms with E-state index in [0.717, 1.165) is 0 Å². The van der Waals surface area contributed by atoms with E-state index in [4.69, 9.17) is 9.47 Å². The molecule has 2 N–H and O–H groups in total. The van der Waals surface area contributed by atoms with Gasteiger partial charge in [0.15, 0.2) is 13.2 Å². The average Bonchev–Trinajstić information content (AvgIpc) is 2.77. The predicted molar refractivity (Wildman–Crippen MR) is 122 cm³/mol. The second-order valence-corrected chi connectivity index (χ2v) is 7.29. The highest BCUT2D eigenvalue weighted by Gasteiger charge is 2.07. The van der Waals surface area contributed by atoms with E-state index in [0.29, 0.717) is 28.8 Å². The van der Waals surface area contributed by atoms with Crippen LogP contribution in [0.3, 0.4) is 0 Å². The number of hydrogen-bond acceptors (Lipinski definition) is 4. The number of amides is 2. The molecular weight excluding hydrogens is 392 g/mol. The minimum atomic E-state index is -0.291. The molecule has 0 radical (unpaired) electrons. The first-order valence-electron chi connectivity index (χ1n) is 10.1. The lowest BCUT2D eigenvalue weighted by Gasteiger charge is -2.11. The van der Waals surface area contributed by atoms with Gasteiger partial charge in [-0.25, -0.2) is 0 Å². The molecule has 0 aliphatic rings. The maximum absolute atomic E-state index is 12.2. The van der Waals surface area contributed by atoms with E-state index in [1.54, 1.807) is 36.4 Å². The summed E-state index contributed by atoms with van der Waals surface area (Å²) in [5, 5.41) is 5.52. The summed E-state index contributed by atoms with van der Waals surface area (Å²) in [5.74, 6) is 1.12. The van der Waals surface area contributed by atoms with Crippen molar-refractivity contribution in [1.82, 2.24) is 0 Å². The SMILES string of the molecule is CC(C)c1ccc(OCC(=O)Nc2cccc(NC(=O)COc3ccccc3)c2)cc1. The van der Waals surface area contributed by atoms with E-state index in [2.05, 4.69) is 24.5 Å². The molecule has 0 aromatic heterocycles. The van der Waals surface area contributed by atoms with Crippen molar-refractivity contribution in [1.29, 1.82) is 0 Å². The monoisotopic (exact) mass is 418 g/mol. The number of ether oxygens (including phenoxy) is 2. The van der Waals surface area contributed by atoms with Crippen molar-refractivity contribution in [2.24, 2.45) is 0 Å². The summed E-state index contributed by atoms with van der Waals surface area (Å²) in [6.07, 6.45) is 0. The lowest BCUT2D eigenvalue weighted by atomic mass is 10.0. The van der Waals surface area contributed by atoms with Crippen LogP contribution in [-0.2, 0) is 9.59 Å². The number of anilines is 2. The third kappa shape index (κ3) is 7.19. The number of rotatable bonds is 9. The average molecular weight is 418 g/mol.